The van der Waals surface area contributed by atoms with Crippen LogP contribution in [-0.2, 0) is 0 Å². The molecule has 0 amide bonds. The van der Waals surface area contributed by atoms with E-state index >= 15 is 0 Å². The van der Waals surface area contributed by atoms with Crippen molar-refractivity contribution in [2.75, 3.05) is 19.0 Å². The monoisotopic (exact) mass is 459 g/mol. The average Bonchev–Trinajstić information content (AvgIpc) is 3.24. The fraction of sp³-hybridized carbons (Fsp3) is 0.231. The summed E-state index contributed by atoms with van der Waals surface area (Å²) < 4.78 is 14.1. The van der Waals surface area contributed by atoms with Gasteiger partial charge in [-0.1, -0.05) is 30.9 Å². The van der Waals surface area contributed by atoms with Crippen LogP contribution in [0, 0.1) is 31.0 Å². The molecule has 0 radical (unpaired) electrons. The van der Waals surface area contributed by atoms with Crippen LogP contribution in [0.5, 0.6) is 0 Å². The van der Waals surface area contributed by atoms with Crippen molar-refractivity contribution in [3.05, 3.63) is 95.8 Å². The maximum Gasteiger partial charge on any atom is 0.126 e. The lowest BCUT2D eigenvalue weighted by Gasteiger charge is -2.25. The molecular weight excluding hydrogens is 429 g/mol. The van der Waals surface area contributed by atoms with Crippen LogP contribution in [0.25, 0.3) is 0 Å². The Kier molecular flexibility index (Phi) is 10.2. The fourth-order valence-electron chi connectivity index (χ4n) is 3.14. The largest absolute Gasteiger partial charge is 0.372 e. The molecule has 1 aromatic heterocycles. The molecule has 2 rings (SSSR count). The molecule has 34 heavy (non-hydrogen) atoms. The summed E-state index contributed by atoms with van der Waals surface area (Å²) in [5.74, 6) is 0.474. The van der Waals surface area contributed by atoms with Crippen molar-refractivity contribution in [2.45, 2.75) is 26.3 Å². The summed E-state index contributed by atoms with van der Waals surface area (Å²) in [4.78, 5) is 10.3. The summed E-state index contributed by atoms with van der Waals surface area (Å²) in [5.41, 5.74) is 3.60. The van der Waals surface area contributed by atoms with Crippen LogP contribution in [0.1, 0.15) is 29.3 Å². The predicted molar refractivity (Wildman–Crippen MR) is 137 cm³/mol. The summed E-state index contributed by atoms with van der Waals surface area (Å²) in [7, 11) is 1.85. The highest BCUT2D eigenvalue weighted by molar-refractivity contribution is 6.10. The second-order valence-electron chi connectivity index (χ2n) is 7.53. The highest BCUT2D eigenvalue weighted by Gasteiger charge is 2.16. The van der Waals surface area contributed by atoms with Crippen LogP contribution in [0.2, 0.25) is 0 Å². The van der Waals surface area contributed by atoms with Gasteiger partial charge in [0.15, 0.2) is 0 Å². The van der Waals surface area contributed by atoms with Gasteiger partial charge in [-0.25, -0.2) is 4.39 Å². The second-order valence-corrected chi connectivity index (χ2v) is 7.53. The lowest BCUT2D eigenvalue weighted by atomic mass is 10.0. The molecule has 2 N–H and O–H groups in total. The number of anilines is 1. The Balaban J connectivity index is 2.27. The van der Waals surface area contributed by atoms with Crippen LogP contribution in [-0.4, -0.2) is 41.2 Å². The zero-order chi connectivity index (χ0) is 24.9. The molecule has 0 bridgehead atoms. The third-order valence-corrected chi connectivity index (χ3v) is 5.00. The quantitative estimate of drug-likeness (QED) is 0.328. The minimum Gasteiger partial charge on any atom is -0.372 e. The molecule has 7 nitrogen and oxygen atoms in total. The molecule has 2 aromatic rings. The number of halogens is 1. The van der Waals surface area contributed by atoms with E-state index < -0.39 is 0 Å². The third kappa shape index (κ3) is 7.71. The third-order valence-electron chi connectivity index (χ3n) is 5.00. The number of aliphatic imine (C=N–C) groups is 2. The molecule has 0 fully saturated rings. The number of aromatic nitrogens is 2. The number of nitrogens with zero attached hydrogens (tertiary/aromatic N) is 5. The molecule has 0 aliphatic heterocycles. The summed E-state index contributed by atoms with van der Waals surface area (Å²) in [6.07, 6.45) is 10.7. The van der Waals surface area contributed by atoms with Gasteiger partial charge in [-0.3, -0.25) is 15.1 Å². The van der Waals surface area contributed by atoms with E-state index in [4.69, 9.17) is 0 Å². The topological polar surface area (TPSA) is 92.5 Å². The molecule has 0 aliphatic rings. The van der Waals surface area contributed by atoms with E-state index in [1.807, 2.05) is 49.4 Å². The second kappa shape index (κ2) is 13.3. The molecule has 1 unspecified atom stereocenters. The van der Waals surface area contributed by atoms with Gasteiger partial charge in [-0.05, 0) is 49.9 Å². The molecular formula is C26H30FN7. The van der Waals surface area contributed by atoms with Gasteiger partial charge >= 0.3 is 0 Å². The fourth-order valence-corrected chi connectivity index (χ4v) is 3.14. The molecule has 176 valence electrons. The van der Waals surface area contributed by atoms with Gasteiger partial charge in [0, 0.05) is 31.1 Å². The smallest absolute Gasteiger partial charge is 0.126 e. The number of rotatable bonds is 12. The summed E-state index contributed by atoms with van der Waals surface area (Å²) in [6.45, 7) is 11.2. The summed E-state index contributed by atoms with van der Waals surface area (Å²) >= 11 is 0. The lowest BCUT2D eigenvalue weighted by Crippen LogP contribution is -2.19. The maximum absolute atomic E-state index is 14.1. The Morgan fingerprint density at radius 2 is 2.15 bits per heavy atom. The van der Waals surface area contributed by atoms with Crippen LogP contribution in [0.15, 0.2) is 83.1 Å². The van der Waals surface area contributed by atoms with Crippen molar-refractivity contribution >= 4 is 18.2 Å². The predicted octanol–water partition coefficient (Wildman–Crippen LogP) is 5.40. The Labute approximate surface area is 200 Å². The van der Waals surface area contributed by atoms with E-state index in [2.05, 4.69) is 44.9 Å². The van der Waals surface area contributed by atoms with Crippen molar-refractivity contribution < 1.29 is 4.39 Å². The first-order chi connectivity index (χ1) is 16.4. The van der Waals surface area contributed by atoms with Gasteiger partial charge in [-0.2, -0.15) is 10.4 Å². The van der Waals surface area contributed by atoms with E-state index in [0.29, 0.717) is 17.9 Å². The highest BCUT2D eigenvalue weighted by Crippen LogP contribution is 2.25. The first-order valence-corrected chi connectivity index (χ1v) is 10.7. The summed E-state index contributed by atoms with van der Waals surface area (Å²) in [5, 5.41) is 19.5. The van der Waals surface area contributed by atoms with E-state index in [9.17, 15) is 9.65 Å². The molecule has 0 aliphatic carbocycles. The molecule has 1 heterocycles. The van der Waals surface area contributed by atoms with Crippen molar-refractivity contribution in [3.63, 3.8) is 0 Å². The van der Waals surface area contributed by atoms with Gasteiger partial charge in [0.05, 0.1) is 29.9 Å². The SMILES string of the molecule is C=C/C=C(\C=C/N(C)C(CC#N)c1ccc(C)c(F)c1)C(/C=C\N=C)=N/CNc1cc(C)n[nH]1. The number of hydrogen-bond acceptors (Lipinski definition) is 6. The van der Waals surface area contributed by atoms with Crippen molar-refractivity contribution in [1.82, 2.24) is 15.1 Å². The standard InChI is InChI=1S/C26H30FN7/c1-6-7-21(24(11-14-29-4)30-18-31-26-16-20(3)32-33-26)12-15-34(5)25(10-13-28)22-9-8-19(2)23(27)17-22/h6-9,11-12,14-17,25H,1,4,10,18H2,2-3,5H3,(H2,31,32,33)/b14-11-,15-12-,21-7+,30-24+. The Morgan fingerprint density at radius 3 is 2.76 bits per heavy atom. The minimum absolute atomic E-state index is 0.207. The molecule has 0 spiro atoms. The van der Waals surface area contributed by atoms with Crippen molar-refractivity contribution in [3.8, 4) is 6.07 Å². The number of aryl methyl sites for hydroxylation is 2. The normalized spacial score (nSPS) is 13.1. The van der Waals surface area contributed by atoms with Gasteiger partial charge in [0.25, 0.3) is 0 Å². The number of H-pyrrole nitrogens is 1. The number of nitrogens with one attached hydrogen (secondary N) is 2. The lowest BCUT2D eigenvalue weighted by molar-refractivity contribution is 0.340. The summed E-state index contributed by atoms with van der Waals surface area (Å²) in [6, 6.07) is 8.82. The van der Waals surface area contributed by atoms with E-state index in [1.54, 1.807) is 31.3 Å². The molecule has 0 saturated carbocycles. The Bertz CT molecular complexity index is 1150. The number of nitriles is 1. The number of allylic oxidation sites excluding steroid dienone is 5. The number of aromatic amines is 1. The maximum atomic E-state index is 14.1. The van der Waals surface area contributed by atoms with Crippen molar-refractivity contribution in [2.24, 2.45) is 9.98 Å². The molecule has 1 atom stereocenters. The van der Waals surface area contributed by atoms with Crippen LogP contribution < -0.4 is 5.32 Å². The Hall–Kier alpha value is -4.25. The Morgan fingerprint density at radius 1 is 1.35 bits per heavy atom. The molecule has 0 saturated heterocycles. The van der Waals surface area contributed by atoms with Gasteiger partial charge in [-0.15, -0.1) is 0 Å². The first kappa shape index (κ1) is 26.0. The first-order valence-electron chi connectivity index (χ1n) is 10.7. The molecule has 8 heteroatoms. The van der Waals surface area contributed by atoms with Crippen LogP contribution >= 0.6 is 0 Å². The zero-order valence-corrected chi connectivity index (χ0v) is 19.8. The van der Waals surface area contributed by atoms with E-state index in [0.717, 1.165) is 22.6 Å². The minimum atomic E-state index is -0.308. The number of hydrogen-bond donors (Lipinski definition) is 2. The van der Waals surface area contributed by atoms with Crippen LogP contribution in [0.3, 0.4) is 0 Å². The zero-order valence-electron chi connectivity index (χ0n) is 19.8. The van der Waals surface area contributed by atoms with Crippen molar-refractivity contribution in [1.29, 1.82) is 5.26 Å². The number of benzene rings is 1. The average molecular weight is 460 g/mol. The van der Waals surface area contributed by atoms with Crippen LogP contribution in [0.4, 0.5) is 10.2 Å². The van der Waals surface area contributed by atoms with E-state index in [-0.39, 0.29) is 18.3 Å². The highest BCUT2D eigenvalue weighted by atomic mass is 19.1. The van der Waals surface area contributed by atoms with Gasteiger partial charge in [0.1, 0.15) is 18.3 Å². The van der Waals surface area contributed by atoms with Gasteiger partial charge in [0.2, 0.25) is 0 Å². The van der Waals surface area contributed by atoms with Gasteiger partial charge < -0.3 is 10.2 Å². The molecule has 1 aromatic carbocycles. The van der Waals surface area contributed by atoms with E-state index in [1.165, 1.54) is 6.07 Å².